The molecule has 1 saturated carbocycles. The van der Waals surface area contributed by atoms with Crippen molar-refractivity contribution in [3.63, 3.8) is 0 Å². The van der Waals surface area contributed by atoms with Crippen LogP contribution < -0.4 is 5.32 Å². The number of benzene rings is 1. The van der Waals surface area contributed by atoms with Crippen LogP contribution >= 0.6 is 11.6 Å². The van der Waals surface area contributed by atoms with Crippen molar-refractivity contribution in [2.45, 2.75) is 64.7 Å². The lowest BCUT2D eigenvalue weighted by Gasteiger charge is -2.20. The Morgan fingerprint density at radius 3 is 2.57 bits per heavy atom. The van der Waals surface area contributed by atoms with Crippen molar-refractivity contribution in [3.8, 4) is 5.75 Å². The number of allylic oxidation sites excluding steroid dienone is 1. The lowest BCUT2D eigenvalue weighted by atomic mass is 9.86. The molecule has 2 aliphatic rings. The molecule has 2 N–H and O–H groups in total. The molecule has 0 spiro atoms. The van der Waals surface area contributed by atoms with E-state index < -0.39 is 5.91 Å². The van der Waals surface area contributed by atoms with Crippen LogP contribution in [-0.2, 0) is 9.59 Å². The Morgan fingerprint density at radius 2 is 1.96 bits per heavy atom. The van der Waals surface area contributed by atoms with Crippen molar-refractivity contribution < 1.29 is 14.7 Å². The Morgan fingerprint density at radius 1 is 1.25 bits per heavy atom. The van der Waals surface area contributed by atoms with E-state index >= 15 is 0 Å². The number of rotatable bonds is 4. The smallest absolute Gasteiger partial charge is 0.259 e. The number of aromatic hydroxyl groups is 1. The molecule has 1 aromatic carbocycles. The van der Waals surface area contributed by atoms with Gasteiger partial charge in [0, 0.05) is 5.70 Å². The van der Waals surface area contributed by atoms with Crippen LogP contribution in [0.4, 0.5) is 0 Å². The highest BCUT2D eigenvalue weighted by Gasteiger charge is 2.24. The number of carbonyl (C=O) groups is 2. The maximum atomic E-state index is 11.7. The van der Waals surface area contributed by atoms with Crippen molar-refractivity contribution in [1.29, 1.82) is 0 Å². The Bertz CT molecular complexity index is 726. The van der Waals surface area contributed by atoms with E-state index in [0.29, 0.717) is 11.3 Å². The zero-order valence-electron chi connectivity index (χ0n) is 16.6. The minimum Gasteiger partial charge on any atom is -0.506 e. The summed E-state index contributed by atoms with van der Waals surface area (Å²) in [5.41, 5.74) is 1.03. The van der Waals surface area contributed by atoms with Crippen LogP contribution in [0.25, 0.3) is 6.08 Å². The summed E-state index contributed by atoms with van der Waals surface area (Å²) >= 11 is 5.75. The Kier molecular flexibility index (Phi) is 8.78. The number of hydrogen-bond acceptors (Lipinski definition) is 3. The van der Waals surface area contributed by atoms with E-state index in [1.54, 1.807) is 6.07 Å². The second-order valence-electron chi connectivity index (χ2n) is 7.57. The number of unbranched alkanes of at least 4 members (excludes halogenated alkanes) is 1. The van der Waals surface area contributed by atoms with Gasteiger partial charge in [0.05, 0.1) is 17.0 Å². The molecule has 0 bridgehead atoms. The van der Waals surface area contributed by atoms with E-state index in [1.807, 2.05) is 0 Å². The molecule has 1 aliphatic carbocycles. The van der Waals surface area contributed by atoms with E-state index in [1.165, 1.54) is 69.6 Å². The van der Waals surface area contributed by atoms with Gasteiger partial charge in [-0.05, 0) is 29.7 Å². The summed E-state index contributed by atoms with van der Waals surface area (Å²) < 4.78 is 0. The molecular weight excluding hydrogens is 374 g/mol. The molecule has 1 amide bonds. The molecule has 0 aromatic heterocycles. The molecule has 1 saturated heterocycles. The van der Waals surface area contributed by atoms with E-state index in [0.717, 1.165) is 5.92 Å². The highest BCUT2D eigenvalue weighted by Crippen LogP contribution is 2.27. The van der Waals surface area contributed by atoms with Gasteiger partial charge in [-0.15, -0.1) is 0 Å². The second-order valence-corrected chi connectivity index (χ2v) is 7.98. The van der Waals surface area contributed by atoms with Gasteiger partial charge < -0.3 is 10.4 Å². The number of amides is 1. The molecule has 0 unspecified atom stereocenters. The van der Waals surface area contributed by atoms with E-state index in [-0.39, 0.29) is 28.5 Å². The summed E-state index contributed by atoms with van der Waals surface area (Å²) in [5, 5.41) is 11.9. The third kappa shape index (κ3) is 6.83. The highest BCUT2D eigenvalue weighted by atomic mass is 35.5. The van der Waals surface area contributed by atoms with Gasteiger partial charge in [0.25, 0.3) is 5.91 Å². The molecule has 3 rings (SSSR count). The lowest BCUT2D eigenvalue weighted by molar-refractivity contribution is -0.123. The molecular formula is C23H30ClNO3. The summed E-state index contributed by atoms with van der Waals surface area (Å²) in [6, 6.07) is 4.45. The number of piperidine rings is 1. The van der Waals surface area contributed by atoms with Crippen LogP contribution in [0.3, 0.4) is 0 Å². The molecule has 1 heterocycles. The first-order valence-corrected chi connectivity index (χ1v) is 10.5. The number of hydrogen-bond donors (Lipinski definition) is 2. The molecule has 2 fully saturated rings. The molecule has 28 heavy (non-hydrogen) atoms. The van der Waals surface area contributed by atoms with E-state index in [9.17, 15) is 14.7 Å². The molecule has 1 aliphatic heterocycles. The maximum absolute atomic E-state index is 11.7. The van der Waals surface area contributed by atoms with Gasteiger partial charge in [-0.1, -0.05) is 82.5 Å². The molecule has 152 valence electrons. The second kappa shape index (κ2) is 11.1. The van der Waals surface area contributed by atoms with Gasteiger partial charge in [0.1, 0.15) is 5.75 Å². The SMILES string of the molecule is C=C1CC(=O)/C(=C\c2ccc(O)c(Cl)c2)C(=O)N1.CCCCC1CCCCC1. The standard InChI is InChI=1S/C13H10ClNO3.C10H20/c1-7-4-12(17)9(13(18)15-7)5-8-2-3-11(16)10(14)6-8;1-2-3-7-10-8-5-4-6-9-10/h2-3,5-6,16H,1,4H2,(H,15,18);10H,2-9H2,1H3/b9-5+;. The van der Waals surface area contributed by atoms with Gasteiger partial charge in [0.2, 0.25) is 0 Å². The Hall–Kier alpha value is -2.07. The lowest BCUT2D eigenvalue weighted by Crippen LogP contribution is -2.34. The summed E-state index contributed by atoms with van der Waals surface area (Å²) in [7, 11) is 0. The quantitative estimate of drug-likeness (QED) is 0.494. The average molecular weight is 404 g/mol. The van der Waals surface area contributed by atoms with Crippen LogP contribution in [0.5, 0.6) is 5.75 Å². The first-order valence-electron chi connectivity index (χ1n) is 10.1. The number of carbonyl (C=O) groups excluding carboxylic acids is 2. The van der Waals surface area contributed by atoms with Crippen LogP contribution in [0, 0.1) is 5.92 Å². The van der Waals surface area contributed by atoms with Crippen molar-refractivity contribution >= 4 is 29.4 Å². The van der Waals surface area contributed by atoms with Gasteiger partial charge >= 0.3 is 0 Å². The first-order chi connectivity index (χ1) is 13.4. The minimum absolute atomic E-state index is 0.0494. The summed E-state index contributed by atoms with van der Waals surface area (Å²) in [6.07, 6.45) is 13.5. The van der Waals surface area contributed by atoms with Crippen molar-refractivity contribution in [1.82, 2.24) is 5.32 Å². The van der Waals surface area contributed by atoms with Crippen molar-refractivity contribution in [3.05, 3.63) is 46.6 Å². The number of nitrogens with one attached hydrogen (secondary N) is 1. The molecule has 4 nitrogen and oxygen atoms in total. The monoisotopic (exact) mass is 403 g/mol. The number of phenolic OH excluding ortho intramolecular Hbond substituents is 1. The number of halogens is 1. The number of ketones is 1. The van der Waals surface area contributed by atoms with Crippen molar-refractivity contribution in [2.24, 2.45) is 5.92 Å². The Balaban J connectivity index is 0.000000237. The van der Waals surface area contributed by atoms with Crippen LogP contribution in [-0.4, -0.2) is 16.8 Å². The van der Waals surface area contributed by atoms with E-state index in [4.69, 9.17) is 11.6 Å². The number of phenols is 1. The normalized spacial score (nSPS) is 19.2. The fraction of sp³-hybridized carbons (Fsp3) is 0.478. The first kappa shape index (κ1) is 22.2. The fourth-order valence-electron chi connectivity index (χ4n) is 3.58. The van der Waals surface area contributed by atoms with Gasteiger partial charge in [-0.25, -0.2) is 0 Å². The predicted molar refractivity (Wildman–Crippen MR) is 114 cm³/mol. The zero-order chi connectivity index (χ0) is 20.5. The van der Waals surface area contributed by atoms with Gasteiger partial charge in [-0.2, -0.15) is 0 Å². The van der Waals surface area contributed by atoms with Crippen molar-refractivity contribution in [2.75, 3.05) is 0 Å². The van der Waals surface area contributed by atoms with E-state index in [2.05, 4.69) is 18.8 Å². The average Bonchev–Trinajstić information content (AvgIpc) is 2.67. The fourth-order valence-corrected chi connectivity index (χ4v) is 3.77. The zero-order valence-corrected chi connectivity index (χ0v) is 17.4. The van der Waals surface area contributed by atoms with Crippen LogP contribution in [0.2, 0.25) is 5.02 Å². The summed E-state index contributed by atoms with van der Waals surface area (Å²) in [6.45, 7) is 5.84. The molecule has 0 radical (unpaired) electrons. The number of Topliss-reactive ketones (excluding diaryl/α,β-unsaturated/α-hetero) is 1. The molecule has 1 aromatic rings. The largest absolute Gasteiger partial charge is 0.506 e. The van der Waals surface area contributed by atoms with Gasteiger partial charge in [0.15, 0.2) is 5.78 Å². The third-order valence-corrected chi connectivity index (χ3v) is 5.49. The summed E-state index contributed by atoms with van der Waals surface area (Å²) in [5.74, 6) is 0.300. The Labute approximate surface area is 172 Å². The molecule has 5 heteroatoms. The van der Waals surface area contributed by atoms with Gasteiger partial charge in [-0.3, -0.25) is 9.59 Å². The predicted octanol–water partition coefficient (Wildman–Crippen LogP) is 5.79. The molecule has 0 atom stereocenters. The third-order valence-electron chi connectivity index (χ3n) is 5.18. The highest BCUT2D eigenvalue weighted by molar-refractivity contribution is 6.32. The topological polar surface area (TPSA) is 66.4 Å². The van der Waals surface area contributed by atoms with Crippen LogP contribution in [0.15, 0.2) is 36.0 Å². The van der Waals surface area contributed by atoms with Crippen LogP contribution in [0.1, 0.15) is 70.3 Å². The minimum atomic E-state index is -0.472. The maximum Gasteiger partial charge on any atom is 0.259 e. The summed E-state index contributed by atoms with van der Waals surface area (Å²) in [4.78, 5) is 23.3.